The van der Waals surface area contributed by atoms with Crippen LogP contribution < -0.4 is 5.32 Å². The minimum atomic E-state index is -0.798. The summed E-state index contributed by atoms with van der Waals surface area (Å²) in [6, 6.07) is 10.2. The second kappa shape index (κ2) is 10.1. The van der Waals surface area contributed by atoms with Crippen molar-refractivity contribution < 1.29 is 33.4 Å². The number of nitrogens with one attached hydrogen (secondary N) is 1. The molecule has 1 aliphatic heterocycles. The largest absolute Gasteiger partial charge is 0.462 e. The molecule has 0 aliphatic carbocycles. The summed E-state index contributed by atoms with van der Waals surface area (Å²) in [6.07, 6.45) is 0. The first-order chi connectivity index (χ1) is 15.7. The maximum absolute atomic E-state index is 12.5. The molecule has 0 radical (unpaired) electrons. The summed E-state index contributed by atoms with van der Waals surface area (Å²) in [4.78, 5) is 62.3. The Labute approximate surface area is 190 Å². The van der Waals surface area contributed by atoms with E-state index < -0.39 is 36.3 Å². The average molecular weight is 452 g/mol. The van der Waals surface area contributed by atoms with Crippen LogP contribution in [-0.4, -0.2) is 54.3 Å². The topological polar surface area (TPSA) is 119 Å². The third kappa shape index (κ3) is 5.43. The molecule has 9 heteroatoms. The molecule has 0 spiro atoms. The molecule has 0 aromatic heterocycles. The number of nitrogens with zero attached hydrogens (tertiary/aromatic N) is 1. The Morgan fingerprint density at radius 1 is 0.879 bits per heavy atom. The lowest BCUT2D eigenvalue weighted by atomic mass is 10.1. The van der Waals surface area contributed by atoms with E-state index in [0.717, 1.165) is 4.90 Å². The predicted molar refractivity (Wildman–Crippen MR) is 118 cm³/mol. The zero-order valence-corrected chi connectivity index (χ0v) is 18.5. The van der Waals surface area contributed by atoms with Crippen molar-refractivity contribution >= 4 is 35.3 Å². The first-order valence-electron chi connectivity index (χ1n) is 10.5. The Bertz CT molecular complexity index is 1110. The van der Waals surface area contributed by atoms with Crippen LogP contribution in [0.25, 0.3) is 0 Å². The van der Waals surface area contributed by atoms with Gasteiger partial charge in [-0.05, 0) is 55.3 Å². The molecule has 2 aromatic rings. The zero-order chi connectivity index (χ0) is 24.1. The van der Waals surface area contributed by atoms with E-state index in [-0.39, 0.29) is 35.8 Å². The van der Waals surface area contributed by atoms with Gasteiger partial charge in [-0.2, -0.15) is 0 Å². The van der Waals surface area contributed by atoms with Gasteiger partial charge in [0.2, 0.25) is 0 Å². The summed E-state index contributed by atoms with van der Waals surface area (Å²) in [7, 11) is 0. The van der Waals surface area contributed by atoms with Gasteiger partial charge in [-0.1, -0.05) is 13.8 Å². The molecule has 0 unspecified atom stereocenters. The lowest BCUT2D eigenvalue weighted by Crippen LogP contribution is -2.33. The van der Waals surface area contributed by atoms with Gasteiger partial charge in [-0.25, -0.2) is 9.59 Å². The van der Waals surface area contributed by atoms with Crippen molar-refractivity contribution in [1.29, 1.82) is 0 Å². The quantitative estimate of drug-likeness (QED) is 0.483. The normalized spacial score (nSPS) is 12.5. The highest BCUT2D eigenvalue weighted by molar-refractivity contribution is 6.22. The molecule has 3 rings (SSSR count). The molecule has 1 aliphatic rings. The number of rotatable bonds is 8. The second-order valence-corrected chi connectivity index (χ2v) is 7.80. The summed E-state index contributed by atoms with van der Waals surface area (Å²) in [5.41, 5.74) is 1.20. The van der Waals surface area contributed by atoms with Gasteiger partial charge in [-0.15, -0.1) is 0 Å². The zero-order valence-electron chi connectivity index (χ0n) is 18.5. The van der Waals surface area contributed by atoms with E-state index >= 15 is 0 Å². The van der Waals surface area contributed by atoms with Crippen molar-refractivity contribution in [2.45, 2.75) is 20.8 Å². The van der Waals surface area contributed by atoms with Gasteiger partial charge in [0.1, 0.15) is 0 Å². The van der Waals surface area contributed by atoms with Crippen LogP contribution in [-0.2, 0) is 14.3 Å². The summed E-state index contributed by atoms with van der Waals surface area (Å²) in [5, 5.41) is 2.55. The number of benzene rings is 2. The van der Waals surface area contributed by atoms with Gasteiger partial charge in [0.05, 0.1) is 28.9 Å². The lowest BCUT2D eigenvalue weighted by Gasteiger charge is -2.15. The van der Waals surface area contributed by atoms with Crippen LogP contribution in [0.5, 0.6) is 0 Å². The minimum absolute atomic E-state index is 0.0629. The van der Waals surface area contributed by atoms with E-state index in [0.29, 0.717) is 11.3 Å². The van der Waals surface area contributed by atoms with Gasteiger partial charge in [0.25, 0.3) is 17.7 Å². The average Bonchev–Trinajstić information content (AvgIpc) is 3.02. The first kappa shape index (κ1) is 23.6. The molecule has 0 bridgehead atoms. The third-order valence-electron chi connectivity index (χ3n) is 4.77. The van der Waals surface area contributed by atoms with E-state index in [1.807, 2.05) is 13.8 Å². The number of anilines is 1. The monoisotopic (exact) mass is 452 g/mol. The van der Waals surface area contributed by atoms with Crippen LogP contribution in [0.2, 0.25) is 0 Å². The third-order valence-corrected chi connectivity index (χ3v) is 4.77. The van der Waals surface area contributed by atoms with Gasteiger partial charge in [-0.3, -0.25) is 19.3 Å². The summed E-state index contributed by atoms with van der Waals surface area (Å²) >= 11 is 0. The van der Waals surface area contributed by atoms with E-state index in [2.05, 4.69) is 5.32 Å². The van der Waals surface area contributed by atoms with E-state index in [9.17, 15) is 24.0 Å². The number of hydrogen-bond acceptors (Lipinski definition) is 7. The molecule has 0 fully saturated rings. The van der Waals surface area contributed by atoms with Crippen LogP contribution in [0.3, 0.4) is 0 Å². The molecule has 2 aromatic carbocycles. The Hall–Kier alpha value is -4.01. The molecule has 1 N–H and O–H groups in total. The predicted octanol–water partition coefficient (Wildman–Crippen LogP) is 2.91. The molecule has 33 heavy (non-hydrogen) atoms. The van der Waals surface area contributed by atoms with Gasteiger partial charge >= 0.3 is 11.9 Å². The number of amides is 3. The number of carbonyl (C=O) groups excluding carboxylic acids is 5. The smallest absolute Gasteiger partial charge is 0.338 e. The first-order valence-corrected chi connectivity index (χ1v) is 10.5. The summed E-state index contributed by atoms with van der Waals surface area (Å²) < 4.78 is 9.93. The van der Waals surface area contributed by atoms with Crippen molar-refractivity contribution in [2.75, 3.05) is 25.1 Å². The number of fused-ring (bicyclic) bond motifs is 1. The van der Waals surface area contributed by atoms with E-state index in [4.69, 9.17) is 9.47 Å². The fourth-order valence-electron chi connectivity index (χ4n) is 3.26. The highest BCUT2D eigenvalue weighted by atomic mass is 16.5. The molecule has 0 atom stereocenters. The maximum Gasteiger partial charge on any atom is 0.338 e. The Morgan fingerprint density at radius 2 is 1.48 bits per heavy atom. The molecule has 9 nitrogen and oxygen atoms in total. The summed E-state index contributed by atoms with van der Waals surface area (Å²) in [6.45, 7) is 5.48. The molecular weight excluding hydrogens is 428 g/mol. The van der Waals surface area contributed by atoms with Crippen molar-refractivity contribution in [3.05, 3.63) is 64.7 Å². The minimum Gasteiger partial charge on any atom is -0.462 e. The van der Waals surface area contributed by atoms with Crippen molar-refractivity contribution in [3.63, 3.8) is 0 Å². The van der Waals surface area contributed by atoms with Crippen molar-refractivity contribution in [3.8, 4) is 0 Å². The SMILES string of the molecule is CCOC(=O)c1ccc(NC(=O)COC(=O)c2ccc3c(c2)C(=O)N(CC(C)C)C3=O)cc1. The second-order valence-electron chi connectivity index (χ2n) is 7.80. The molecule has 1 heterocycles. The van der Waals surface area contributed by atoms with Crippen LogP contribution in [0.4, 0.5) is 5.69 Å². The number of hydrogen-bond donors (Lipinski definition) is 1. The molecular formula is C24H24N2O7. The molecule has 3 amide bonds. The molecule has 0 saturated heterocycles. The van der Waals surface area contributed by atoms with Crippen LogP contribution >= 0.6 is 0 Å². The Kier molecular flexibility index (Phi) is 7.22. The van der Waals surface area contributed by atoms with Crippen LogP contribution in [0, 0.1) is 5.92 Å². The lowest BCUT2D eigenvalue weighted by molar-refractivity contribution is -0.119. The number of imide groups is 1. The molecule has 172 valence electrons. The van der Waals surface area contributed by atoms with Gasteiger partial charge < -0.3 is 14.8 Å². The van der Waals surface area contributed by atoms with Crippen molar-refractivity contribution in [1.82, 2.24) is 4.90 Å². The standard InChI is InChI=1S/C24H24N2O7/c1-4-32-23(30)15-5-8-17(9-6-15)25-20(27)13-33-24(31)16-7-10-18-19(11-16)22(29)26(21(18)28)12-14(2)3/h5-11,14H,4,12-13H2,1-3H3,(H,25,27). The fourth-order valence-corrected chi connectivity index (χ4v) is 3.26. The van der Waals surface area contributed by atoms with E-state index in [1.165, 1.54) is 42.5 Å². The number of esters is 2. The maximum atomic E-state index is 12.5. The molecule has 0 saturated carbocycles. The fraction of sp³-hybridized carbons (Fsp3) is 0.292. The van der Waals surface area contributed by atoms with Crippen LogP contribution in [0.15, 0.2) is 42.5 Å². The highest BCUT2D eigenvalue weighted by Crippen LogP contribution is 2.25. The summed E-state index contributed by atoms with van der Waals surface area (Å²) in [5.74, 6) is -2.59. The van der Waals surface area contributed by atoms with Gasteiger partial charge in [0.15, 0.2) is 6.61 Å². The van der Waals surface area contributed by atoms with Crippen molar-refractivity contribution in [2.24, 2.45) is 5.92 Å². The number of carbonyl (C=O) groups is 5. The van der Waals surface area contributed by atoms with Gasteiger partial charge in [0, 0.05) is 12.2 Å². The van der Waals surface area contributed by atoms with Crippen LogP contribution in [0.1, 0.15) is 62.2 Å². The Morgan fingerprint density at radius 3 is 2.12 bits per heavy atom. The number of ether oxygens (including phenoxy) is 2. The Balaban J connectivity index is 1.58. The van der Waals surface area contributed by atoms with E-state index in [1.54, 1.807) is 6.92 Å². The highest BCUT2D eigenvalue weighted by Gasteiger charge is 2.36.